The first-order valence-electron chi connectivity index (χ1n) is 11.7. The molecule has 0 radical (unpaired) electrons. The average Bonchev–Trinajstić information content (AvgIpc) is 3.30. The number of hydrogen-bond donors (Lipinski definition) is 2. The van der Waals surface area contributed by atoms with Gasteiger partial charge in [0.1, 0.15) is 18.0 Å². The summed E-state index contributed by atoms with van der Waals surface area (Å²) in [6.07, 6.45) is 8.02. The van der Waals surface area contributed by atoms with Gasteiger partial charge in [-0.25, -0.2) is 14.4 Å². The fourth-order valence-electron chi connectivity index (χ4n) is 4.61. The fraction of sp³-hybridized carbons (Fsp3) is 0.385. The van der Waals surface area contributed by atoms with E-state index < -0.39 is 5.82 Å². The molecule has 0 aliphatic carbocycles. The highest BCUT2D eigenvalue weighted by atomic mass is 19.1. The Morgan fingerprint density at radius 3 is 3.00 bits per heavy atom. The van der Waals surface area contributed by atoms with Gasteiger partial charge in [-0.3, -0.25) is 4.90 Å². The highest BCUT2D eigenvalue weighted by molar-refractivity contribution is 5.93. The summed E-state index contributed by atoms with van der Waals surface area (Å²) in [5.74, 6) is 3.68. The molecular formula is C26H28FN5O3. The normalized spacial score (nSPS) is 19.8. The smallest absolute Gasteiger partial charge is 0.162 e. The third kappa shape index (κ3) is 5.15. The molecule has 2 atom stereocenters. The number of methoxy groups -OCH3 is 1. The summed E-state index contributed by atoms with van der Waals surface area (Å²) in [5.41, 5.74) is 1.50. The SMILES string of the molecule is C#Cc1cc(Nc2ncnc3cc(OC)c(OCCCN4CC5NCCOC5C4)cc23)ccc1F. The van der Waals surface area contributed by atoms with E-state index in [-0.39, 0.29) is 11.7 Å². The van der Waals surface area contributed by atoms with E-state index in [1.807, 2.05) is 12.1 Å². The molecule has 2 unspecified atom stereocenters. The van der Waals surface area contributed by atoms with Gasteiger partial charge in [0.05, 0.1) is 37.5 Å². The molecule has 0 bridgehead atoms. The number of morpholine rings is 1. The first-order valence-corrected chi connectivity index (χ1v) is 11.7. The minimum atomic E-state index is -0.442. The second kappa shape index (κ2) is 10.4. The van der Waals surface area contributed by atoms with Crippen molar-refractivity contribution in [3.8, 4) is 23.8 Å². The van der Waals surface area contributed by atoms with Crippen LogP contribution in [0.15, 0.2) is 36.7 Å². The maximum absolute atomic E-state index is 13.8. The van der Waals surface area contributed by atoms with Crippen molar-refractivity contribution in [3.05, 3.63) is 48.0 Å². The van der Waals surface area contributed by atoms with Gasteiger partial charge in [-0.05, 0) is 30.7 Å². The summed E-state index contributed by atoms with van der Waals surface area (Å²) < 4.78 is 31.3. The highest BCUT2D eigenvalue weighted by Gasteiger charge is 2.34. The van der Waals surface area contributed by atoms with E-state index in [0.717, 1.165) is 44.6 Å². The number of rotatable bonds is 8. The van der Waals surface area contributed by atoms with Crippen LogP contribution in [0, 0.1) is 18.2 Å². The molecule has 3 aromatic rings. The number of nitrogens with one attached hydrogen (secondary N) is 2. The molecule has 3 heterocycles. The van der Waals surface area contributed by atoms with Crippen LogP contribution in [-0.4, -0.2) is 73.5 Å². The van der Waals surface area contributed by atoms with Crippen LogP contribution in [0.4, 0.5) is 15.9 Å². The van der Waals surface area contributed by atoms with Crippen LogP contribution in [0.25, 0.3) is 10.9 Å². The van der Waals surface area contributed by atoms with Crippen molar-refractivity contribution >= 4 is 22.4 Å². The predicted molar refractivity (Wildman–Crippen MR) is 132 cm³/mol. The lowest BCUT2D eigenvalue weighted by Gasteiger charge is -2.25. The van der Waals surface area contributed by atoms with E-state index in [4.69, 9.17) is 20.6 Å². The van der Waals surface area contributed by atoms with E-state index in [0.29, 0.717) is 41.2 Å². The second-order valence-electron chi connectivity index (χ2n) is 8.64. The van der Waals surface area contributed by atoms with Crippen LogP contribution in [0.5, 0.6) is 11.5 Å². The second-order valence-corrected chi connectivity index (χ2v) is 8.64. The van der Waals surface area contributed by atoms with Crippen LogP contribution in [-0.2, 0) is 4.74 Å². The van der Waals surface area contributed by atoms with Crippen molar-refractivity contribution in [3.63, 3.8) is 0 Å². The molecule has 2 aliphatic heterocycles. The van der Waals surface area contributed by atoms with Crippen molar-refractivity contribution in [1.82, 2.24) is 20.2 Å². The van der Waals surface area contributed by atoms with Crippen molar-refractivity contribution < 1.29 is 18.6 Å². The van der Waals surface area contributed by atoms with Gasteiger partial charge in [-0.15, -0.1) is 6.42 Å². The number of anilines is 2. The molecule has 0 spiro atoms. The third-order valence-electron chi connectivity index (χ3n) is 6.36. The Kier molecular flexibility index (Phi) is 6.95. The number of fused-ring (bicyclic) bond motifs is 2. The Balaban J connectivity index is 1.28. The molecule has 182 valence electrons. The van der Waals surface area contributed by atoms with Crippen LogP contribution in [0.3, 0.4) is 0 Å². The topological polar surface area (TPSA) is 80.8 Å². The quantitative estimate of drug-likeness (QED) is 0.379. The van der Waals surface area contributed by atoms with Crippen LogP contribution in [0.1, 0.15) is 12.0 Å². The Labute approximate surface area is 203 Å². The van der Waals surface area contributed by atoms with Gasteiger partial charge in [0.15, 0.2) is 11.5 Å². The van der Waals surface area contributed by atoms with E-state index in [1.54, 1.807) is 19.2 Å². The molecule has 2 N–H and O–H groups in total. The number of hydrogen-bond acceptors (Lipinski definition) is 8. The molecule has 2 aromatic carbocycles. The lowest BCUT2D eigenvalue weighted by Crippen LogP contribution is -2.47. The Hall–Kier alpha value is -3.45. The minimum Gasteiger partial charge on any atom is -0.493 e. The van der Waals surface area contributed by atoms with Gasteiger partial charge in [-0.2, -0.15) is 0 Å². The fourth-order valence-corrected chi connectivity index (χ4v) is 4.61. The van der Waals surface area contributed by atoms with Crippen LogP contribution < -0.4 is 20.1 Å². The highest BCUT2D eigenvalue weighted by Crippen LogP contribution is 2.35. The van der Waals surface area contributed by atoms with Crippen molar-refractivity contribution in [2.45, 2.75) is 18.6 Å². The maximum atomic E-state index is 13.8. The number of likely N-dealkylation sites (tertiary alicyclic amines) is 1. The zero-order valence-corrected chi connectivity index (χ0v) is 19.6. The van der Waals surface area contributed by atoms with Gasteiger partial charge in [0.2, 0.25) is 0 Å². The molecule has 8 nitrogen and oxygen atoms in total. The van der Waals surface area contributed by atoms with Crippen LogP contribution >= 0.6 is 0 Å². The van der Waals surface area contributed by atoms with Crippen molar-refractivity contribution in [1.29, 1.82) is 0 Å². The molecule has 0 saturated carbocycles. The first-order chi connectivity index (χ1) is 17.1. The van der Waals surface area contributed by atoms with Crippen molar-refractivity contribution in [2.24, 2.45) is 0 Å². The van der Waals surface area contributed by atoms with Crippen molar-refractivity contribution in [2.75, 3.05) is 51.8 Å². The van der Waals surface area contributed by atoms with Crippen LogP contribution in [0.2, 0.25) is 0 Å². The summed E-state index contributed by atoms with van der Waals surface area (Å²) in [6.45, 7) is 5.14. The number of benzene rings is 2. The average molecular weight is 478 g/mol. The standard InChI is InChI=1S/C26H28FN5O3/c1-3-17-11-18(5-6-20(17)27)31-26-19-12-24(23(33-2)13-21(19)29-16-30-26)34-9-4-8-32-14-22-25(15-32)35-10-7-28-22/h1,5-6,11-13,16,22,25,28H,4,7-10,14-15H2,2H3,(H,29,30,31). The van der Waals surface area contributed by atoms with E-state index in [9.17, 15) is 4.39 Å². The molecule has 9 heteroatoms. The lowest BCUT2D eigenvalue weighted by molar-refractivity contribution is 0.0176. The Morgan fingerprint density at radius 1 is 1.26 bits per heavy atom. The summed E-state index contributed by atoms with van der Waals surface area (Å²) >= 11 is 0. The first kappa shape index (κ1) is 23.3. The van der Waals surface area contributed by atoms with Gasteiger partial charge in [0, 0.05) is 49.4 Å². The number of halogens is 1. The van der Waals surface area contributed by atoms with E-state index in [1.165, 1.54) is 12.4 Å². The van der Waals surface area contributed by atoms with E-state index >= 15 is 0 Å². The summed E-state index contributed by atoms with van der Waals surface area (Å²) in [4.78, 5) is 11.1. The monoisotopic (exact) mass is 477 g/mol. The number of ether oxygens (including phenoxy) is 3. The lowest BCUT2D eigenvalue weighted by atomic mass is 10.1. The van der Waals surface area contributed by atoms with E-state index in [2.05, 4.69) is 31.4 Å². The molecule has 2 saturated heterocycles. The minimum absolute atomic E-state index is 0.179. The zero-order valence-electron chi connectivity index (χ0n) is 19.6. The zero-order chi connectivity index (χ0) is 24.2. The number of terminal acetylenes is 1. The molecule has 2 fully saturated rings. The summed E-state index contributed by atoms with van der Waals surface area (Å²) in [5, 5.41) is 7.49. The molecule has 35 heavy (non-hydrogen) atoms. The van der Waals surface area contributed by atoms with Gasteiger partial charge in [0.25, 0.3) is 0 Å². The number of aromatic nitrogens is 2. The van der Waals surface area contributed by atoms with Gasteiger partial charge >= 0.3 is 0 Å². The summed E-state index contributed by atoms with van der Waals surface area (Å²) in [7, 11) is 1.60. The number of nitrogens with zero attached hydrogens (tertiary/aromatic N) is 3. The maximum Gasteiger partial charge on any atom is 0.162 e. The Morgan fingerprint density at radius 2 is 2.17 bits per heavy atom. The molecule has 1 aromatic heterocycles. The van der Waals surface area contributed by atoms with Gasteiger partial charge < -0.3 is 24.8 Å². The summed E-state index contributed by atoms with van der Waals surface area (Å²) in [6, 6.07) is 8.62. The molecule has 5 rings (SSSR count). The Bertz CT molecular complexity index is 1230. The molecular weight excluding hydrogens is 449 g/mol. The predicted octanol–water partition coefficient (Wildman–Crippen LogP) is 2.94. The largest absolute Gasteiger partial charge is 0.493 e. The van der Waals surface area contributed by atoms with Gasteiger partial charge in [-0.1, -0.05) is 5.92 Å². The third-order valence-corrected chi connectivity index (χ3v) is 6.36. The molecule has 2 aliphatic rings. The molecule has 0 amide bonds.